The molecule has 0 bridgehead atoms. The van der Waals surface area contributed by atoms with Crippen molar-refractivity contribution in [2.45, 2.75) is 18.6 Å². The fraction of sp³-hybridized carbons (Fsp3) is 0.208. The zero-order valence-corrected chi connectivity index (χ0v) is 17.8. The Labute approximate surface area is 188 Å². The van der Waals surface area contributed by atoms with Crippen molar-refractivity contribution in [3.8, 4) is 17.0 Å². The number of hydrogen-bond acceptors (Lipinski definition) is 6. The van der Waals surface area contributed by atoms with Crippen LogP contribution in [0.1, 0.15) is 16.9 Å². The van der Waals surface area contributed by atoms with E-state index < -0.39 is 17.5 Å². The maximum absolute atomic E-state index is 13.1. The summed E-state index contributed by atoms with van der Waals surface area (Å²) in [6, 6.07) is 12.8. The van der Waals surface area contributed by atoms with Crippen LogP contribution in [0, 0.1) is 0 Å². The quantitative estimate of drug-likeness (QED) is 0.409. The molecule has 166 valence electrons. The van der Waals surface area contributed by atoms with Gasteiger partial charge in [-0.05, 0) is 41.5 Å². The van der Waals surface area contributed by atoms with Crippen LogP contribution in [0.4, 0.5) is 4.79 Å². The number of amides is 3. The number of rotatable bonds is 5. The first-order valence-corrected chi connectivity index (χ1v) is 10.6. The highest BCUT2D eigenvalue weighted by atomic mass is 16.5. The number of pyridine rings is 1. The topological polar surface area (TPSA) is 112 Å². The van der Waals surface area contributed by atoms with Crippen LogP contribution in [0.25, 0.3) is 22.4 Å². The molecule has 1 atom stereocenters. The van der Waals surface area contributed by atoms with E-state index in [1.54, 1.807) is 13.2 Å². The van der Waals surface area contributed by atoms with Crippen LogP contribution >= 0.6 is 0 Å². The summed E-state index contributed by atoms with van der Waals surface area (Å²) >= 11 is 0. The predicted octanol–water partition coefficient (Wildman–Crippen LogP) is 2.88. The number of nitrogens with zero attached hydrogens (tertiary/aromatic N) is 2. The molecule has 4 aromatic rings. The molecule has 0 saturated carbocycles. The van der Waals surface area contributed by atoms with Crippen molar-refractivity contribution in [3.63, 3.8) is 0 Å². The molecule has 3 amide bonds. The SMILES string of the molecule is COc1ccc2c(c1)CN(CC1(c3cc4nc(-c5cc[nH]c5)ccc4o3)NC(=O)NC1=O)C2. The normalized spacial score (nSPS) is 20.2. The van der Waals surface area contributed by atoms with E-state index in [1.165, 1.54) is 0 Å². The Morgan fingerprint density at radius 3 is 2.76 bits per heavy atom. The van der Waals surface area contributed by atoms with Gasteiger partial charge in [0.05, 0.1) is 12.8 Å². The summed E-state index contributed by atoms with van der Waals surface area (Å²) in [6.45, 7) is 1.54. The number of furan rings is 1. The van der Waals surface area contributed by atoms with Gasteiger partial charge in [0.15, 0.2) is 11.1 Å². The number of aromatic amines is 1. The number of benzene rings is 1. The largest absolute Gasteiger partial charge is 0.497 e. The molecule has 1 fully saturated rings. The standard InChI is InChI=1S/C24H21N5O4/c1-32-17-3-2-15-11-29(12-16(15)8-17)13-24(22(30)27-23(31)28-24)21-9-19-20(33-21)5-4-18(26-19)14-6-7-25-10-14/h2-10,25H,11-13H2,1H3,(H2,27,28,30,31). The molecule has 6 rings (SSSR count). The van der Waals surface area contributed by atoms with E-state index in [9.17, 15) is 9.59 Å². The lowest BCUT2D eigenvalue weighted by Gasteiger charge is -2.28. The van der Waals surface area contributed by atoms with Crippen molar-refractivity contribution in [3.05, 3.63) is 71.7 Å². The summed E-state index contributed by atoms with van der Waals surface area (Å²) in [7, 11) is 1.64. The fourth-order valence-corrected chi connectivity index (χ4v) is 4.65. The summed E-state index contributed by atoms with van der Waals surface area (Å²) in [5.41, 5.74) is 3.85. The highest BCUT2D eigenvalue weighted by Crippen LogP contribution is 2.35. The van der Waals surface area contributed by atoms with Crippen LogP contribution in [0.5, 0.6) is 5.75 Å². The van der Waals surface area contributed by atoms with Crippen molar-refractivity contribution in [1.82, 2.24) is 25.5 Å². The molecule has 2 aliphatic rings. The zero-order valence-electron chi connectivity index (χ0n) is 17.8. The second-order valence-electron chi connectivity index (χ2n) is 8.38. The van der Waals surface area contributed by atoms with Crippen LogP contribution in [0.2, 0.25) is 0 Å². The number of nitrogens with one attached hydrogen (secondary N) is 3. The lowest BCUT2D eigenvalue weighted by atomic mass is 9.95. The molecule has 1 aromatic carbocycles. The third-order valence-electron chi connectivity index (χ3n) is 6.29. The lowest BCUT2D eigenvalue weighted by molar-refractivity contribution is -0.125. The molecule has 9 heteroatoms. The van der Waals surface area contributed by atoms with E-state index in [0.717, 1.165) is 28.1 Å². The smallest absolute Gasteiger partial charge is 0.322 e. The summed E-state index contributed by atoms with van der Waals surface area (Å²) in [5, 5.41) is 5.20. The minimum atomic E-state index is -1.35. The highest BCUT2D eigenvalue weighted by molar-refractivity contribution is 6.07. The average Bonchev–Trinajstić information content (AvgIpc) is 3.59. The summed E-state index contributed by atoms with van der Waals surface area (Å²) in [4.78, 5) is 35.1. The molecular weight excluding hydrogens is 422 g/mol. The van der Waals surface area contributed by atoms with E-state index in [-0.39, 0.29) is 6.54 Å². The highest BCUT2D eigenvalue weighted by Gasteiger charge is 2.52. The van der Waals surface area contributed by atoms with Crippen molar-refractivity contribution in [2.75, 3.05) is 13.7 Å². The number of aromatic nitrogens is 2. The van der Waals surface area contributed by atoms with Gasteiger partial charge in [-0.25, -0.2) is 9.78 Å². The molecular formula is C24H21N5O4. The van der Waals surface area contributed by atoms with Crippen molar-refractivity contribution < 1.29 is 18.7 Å². The van der Waals surface area contributed by atoms with E-state index in [2.05, 4.69) is 25.5 Å². The van der Waals surface area contributed by atoms with Gasteiger partial charge in [-0.15, -0.1) is 0 Å². The Hall–Kier alpha value is -4.11. The van der Waals surface area contributed by atoms with E-state index in [4.69, 9.17) is 9.15 Å². The Morgan fingerprint density at radius 2 is 2.00 bits per heavy atom. The molecule has 3 N–H and O–H groups in total. The molecule has 3 aromatic heterocycles. The van der Waals surface area contributed by atoms with Crippen LogP contribution in [-0.4, -0.2) is 40.5 Å². The second kappa shape index (κ2) is 7.21. The third-order valence-corrected chi connectivity index (χ3v) is 6.29. The number of ether oxygens (including phenoxy) is 1. The van der Waals surface area contributed by atoms with Gasteiger partial charge >= 0.3 is 6.03 Å². The maximum Gasteiger partial charge on any atom is 0.322 e. The Morgan fingerprint density at radius 1 is 1.12 bits per heavy atom. The van der Waals surface area contributed by atoms with E-state index >= 15 is 0 Å². The zero-order chi connectivity index (χ0) is 22.6. The number of carbonyl (C=O) groups is 2. The Kier molecular flexibility index (Phi) is 4.27. The second-order valence-corrected chi connectivity index (χ2v) is 8.38. The monoisotopic (exact) mass is 443 g/mol. The number of hydrogen-bond donors (Lipinski definition) is 3. The van der Waals surface area contributed by atoms with Crippen LogP contribution in [0.3, 0.4) is 0 Å². The molecule has 0 aliphatic carbocycles. The van der Waals surface area contributed by atoms with Crippen LogP contribution in [-0.2, 0) is 23.4 Å². The van der Waals surface area contributed by atoms with Gasteiger partial charge in [-0.2, -0.15) is 0 Å². The predicted molar refractivity (Wildman–Crippen MR) is 119 cm³/mol. The first-order valence-electron chi connectivity index (χ1n) is 10.6. The van der Waals surface area contributed by atoms with E-state index in [0.29, 0.717) is 29.9 Å². The molecule has 1 saturated heterocycles. The van der Waals surface area contributed by atoms with Crippen molar-refractivity contribution in [1.29, 1.82) is 0 Å². The van der Waals surface area contributed by atoms with Gasteiger partial charge in [0, 0.05) is 43.7 Å². The van der Waals surface area contributed by atoms with E-state index in [1.807, 2.05) is 48.8 Å². The number of carbonyl (C=O) groups excluding carboxylic acids is 2. The third kappa shape index (κ3) is 3.16. The molecule has 9 nitrogen and oxygen atoms in total. The van der Waals surface area contributed by atoms with Gasteiger partial charge in [0.25, 0.3) is 5.91 Å². The first-order chi connectivity index (χ1) is 16.0. The first kappa shape index (κ1) is 19.6. The molecule has 2 aliphatic heterocycles. The van der Waals surface area contributed by atoms with Gasteiger partial charge < -0.3 is 19.5 Å². The number of methoxy groups -OCH3 is 1. The van der Waals surface area contributed by atoms with Crippen molar-refractivity contribution >= 4 is 23.0 Å². The Balaban J connectivity index is 1.36. The van der Waals surface area contributed by atoms with Gasteiger partial charge in [-0.1, -0.05) is 6.07 Å². The van der Waals surface area contributed by atoms with Crippen LogP contribution in [0.15, 0.2) is 59.3 Å². The summed E-state index contributed by atoms with van der Waals surface area (Å²) in [6.07, 6.45) is 3.69. The lowest BCUT2D eigenvalue weighted by Crippen LogP contribution is -2.51. The molecule has 1 unspecified atom stereocenters. The number of urea groups is 1. The van der Waals surface area contributed by atoms with Crippen molar-refractivity contribution in [2.24, 2.45) is 0 Å². The molecule has 5 heterocycles. The summed E-state index contributed by atoms with van der Waals surface area (Å²) in [5.74, 6) is 0.706. The Bertz CT molecular complexity index is 1390. The number of H-pyrrole nitrogens is 1. The number of fused-ring (bicyclic) bond motifs is 2. The molecule has 0 spiro atoms. The summed E-state index contributed by atoms with van der Waals surface area (Å²) < 4.78 is 11.4. The fourth-order valence-electron chi connectivity index (χ4n) is 4.65. The van der Waals surface area contributed by atoms with Gasteiger partial charge in [-0.3, -0.25) is 15.0 Å². The average molecular weight is 443 g/mol. The minimum Gasteiger partial charge on any atom is -0.497 e. The molecule has 33 heavy (non-hydrogen) atoms. The van der Waals surface area contributed by atoms with Crippen LogP contribution < -0.4 is 15.4 Å². The maximum atomic E-state index is 13.1. The molecule has 0 radical (unpaired) electrons. The van der Waals surface area contributed by atoms with Gasteiger partial charge in [0.2, 0.25) is 0 Å². The minimum absolute atomic E-state index is 0.256. The van der Waals surface area contributed by atoms with Gasteiger partial charge in [0.1, 0.15) is 17.0 Å². The number of imide groups is 1.